The molecule has 1 heterocycles. The summed E-state index contributed by atoms with van der Waals surface area (Å²) >= 11 is 1.48. The van der Waals surface area contributed by atoms with Crippen LogP contribution in [0.2, 0.25) is 0 Å². The highest BCUT2D eigenvalue weighted by Crippen LogP contribution is 2.26. The van der Waals surface area contributed by atoms with Gasteiger partial charge in [-0.3, -0.25) is 5.43 Å². The van der Waals surface area contributed by atoms with Crippen molar-refractivity contribution in [3.8, 4) is 0 Å². The normalized spacial score (nSPS) is 10.3. The van der Waals surface area contributed by atoms with Crippen LogP contribution in [0, 0.1) is 6.92 Å². The number of hydrogen-bond donors (Lipinski definition) is 2. The smallest absolute Gasteiger partial charge is 0.242 e. The van der Waals surface area contributed by atoms with Gasteiger partial charge in [0.15, 0.2) is 5.16 Å². The molecule has 100 valence electrons. The van der Waals surface area contributed by atoms with Crippen molar-refractivity contribution in [1.82, 2.24) is 15.0 Å². The van der Waals surface area contributed by atoms with Gasteiger partial charge in [-0.15, -0.1) is 0 Å². The Hall–Kier alpha value is -1.86. The molecule has 3 N–H and O–H groups in total. The largest absolute Gasteiger partial charge is 0.347 e. The topological polar surface area (TPSA) is 80.0 Å². The van der Waals surface area contributed by atoms with Crippen molar-refractivity contribution < 1.29 is 0 Å². The molecule has 0 amide bonds. The maximum Gasteiger partial charge on any atom is 0.242 e. The SMILES string of the molecule is Cc1cccc(Sc2nc(NN)nc(N(C)C)n2)c1. The minimum absolute atomic E-state index is 0.355. The zero-order valence-corrected chi connectivity index (χ0v) is 11.9. The van der Waals surface area contributed by atoms with E-state index < -0.39 is 0 Å². The minimum Gasteiger partial charge on any atom is -0.347 e. The van der Waals surface area contributed by atoms with Crippen molar-refractivity contribution in [2.45, 2.75) is 17.0 Å². The maximum atomic E-state index is 5.37. The molecule has 2 rings (SSSR count). The molecule has 0 aliphatic heterocycles. The van der Waals surface area contributed by atoms with Gasteiger partial charge in [0.25, 0.3) is 0 Å². The summed E-state index contributed by atoms with van der Waals surface area (Å²) in [7, 11) is 3.74. The summed E-state index contributed by atoms with van der Waals surface area (Å²) in [4.78, 5) is 15.7. The first-order chi connectivity index (χ1) is 9.08. The van der Waals surface area contributed by atoms with Crippen LogP contribution >= 0.6 is 11.8 Å². The van der Waals surface area contributed by atoms with E-state index in [2.05, 4.69) is 39.4 Å². The molecule has 1 aromatic heterocycles. The Morgan fingerprint density at radius 3 is 2.63 bits per heavy atom. The van der Waals surface area contributed by atoms with Crippen molar-refractivity contribution in [2.24, 2.45) is 5.84 Å². The molecule has 0 saturated heterocycles. The fourth-order valence-electron chi connectivity index (χ4n) is 1.44. The Morgan fingerprint density at radius 1 is 1.21 bits per heavy atom. The second-order valence-electron chi connectivity index (χ2n) is 4.20. The summed E-state index contributed by atoms with van der Waals surface area (Å²) < 4.78 is 0. The molecule has 7 heteroatoms. The Morgan fingerprint density at radius 2 is 2.00 bits per heavy atom. The van der Waals surface area contributed by atoms with Crippen molar-refractivity contribution >= 4 is 23.7 Å². The van der Waals surface area contributed by atoms with E-state index in [1.54, 1.807) is 0 Å². The van der Waals surface area contributed by atoms with Crippen molar-refractivity contribution in [3.05, 3.63) is 29.8 Å². The average Bonchev–Trinajstić information content (AvgIpc) is 2.38. The molecule has 6 nitrogen and oxygen atoms in total. The van der Waals surface area contributed by atoms with E-state index in [0.29, 0.717) is 17.1 Å². The molecule has 0 aliphatic rings. The summed E-state index contributed by atoms with van der Waals surface area (Å²) in [6.45, 7) is 2.05. The van der Waals surface area contributed by atoms with Crippen LogP contribution in [0.3, 0.4) is 0 Å². The van der Waals surface area contributed by atoms with Crippen molar-refractivity contribution in [3.63, 3.8) is 0 Å². The molecule has 0 bridgehead atoms. The first kappa shape index (κ1) is 13.6. The quantitative estimate of drug-likeness (QED) is 0.649. The lowest BCUT2D eigenvalue weighted by atomic mass is 10.2. The molecule has 0 unspecified atom stereocenters. The Labute approximate surface area is 116 Å². The van der Waals surface area contributed by atoms with Crippen LogP contribution in [-0.4, -0.2) is 29.0 Å². The van der Waals surface area contributed by atoms with Crippen LogP contribution in [-0.2, 0) is 0 Å². The third kappa shape index (κ3) is 3.55. The predicted octanol–water partition coefficient (Wildman–Crippen LogP) is 1.68. The highest BCUT2D eigenvalue weighted by Gasteiger charge is 2.08. The van der Waals surface area contributed by atoms with Crippen LogP contribution in [0.5, 0.6) is 0 Å². The lowest BCUT2D eigenvalue weighted by molar-refractivity contribution is 0.865. The van der Waals surface area contributed by atoms with E-state index >= 15 is 0 Å². The minimum atomic E-state index is 0.355. The van der Waals surface area contributed by atoms with E-state index in [9.17, 15) is 0 Å². The van der Waals surface area contributed by atoms with Gasteiger partial charge in [-0.1, -0.05) is 17.7 Å². The number of aryl methyl sites for hydroxylation is 1. The molecule has 0 spiro atoms. The number of nitrogens with one attached hydrogen (secondary N) is 1. The third-order valence-corrected chi connectivity index (χ3v) is 3.19. The zero-order valence-electron chi connectivity index (χ0n) is 11.1. The van der Waals surface area contributed by atoms with E-state index in [1.165, 1.54) is 17.3 Å². The van der Waals surface area contributed by atoms with Crippen LogP contribution in [0.1, 0.15) is 5.56 Å². The molecular formula is C12H16N6S. The monoisotopic (exact) mass is 276 g/mol. The van der Waals surface area contributed by atoms with Crippen molar-refractivity contribution in [2.75, 3.05) is 24.4 Å². The fraction of sp³-hybridized carbons (Fsp3) is 0.250. The summed E-state index contributed by atoms with van der Waals surface area (Å²) in [6.07, 6.45) is 0. The van der Waals surface area contributed by atoms with Crippen LogP contribution in [0.4, 0.5) is 11.9 Å². The van der Waals surface area contributed by atoms with E-state index in [1.807, 2.05) is 31.1 Å². The number of nitrogens with two attached hydrogens (primary N) is 1. The molecular weight excluding hydrogens is 260 g/mol. The average molecular weight is 276 g/mol. The number of aromatic nitrogens is 3. The number of nitrogens with zero attached hydrogens (tertiary/aromatic N) is 4. The van der Waals surface area contributed by atoms with Gasteiger partial charge in [-0.25, -0.2) is 5.84 Å². The second-order valence-corrected chi connectivity index (χ2v) is 5.24. The maximum absolute atomic E-state index is 5.37. The van der Waals surface area contributed by atoms with Gasteiger partial charge in [0.05, 0.1) is 0 Å². The first-order valence-electron chi connectivity index (χ1n) is 5.73. The molecule has 0 atom stereocenters. The van der Waals surface area contributed by atoms with E-state index in [0.717, 1.165) is 4.90 Å². The van der Waals surface area contributed by atoms with Gasteiger partial charge in [0.1, 0.15) is 0 Å². The van der Waals surface area contributed by atoms with Crippen LogP contribution in [0.15, 0.2) is 34.3 Å². The fourth-order valence-corrected chi connectivity index (χ4v) is 2.30. The van der Waals surface area contributed by atoms with Crippen LogP contribution < -0.4 is 16.2 Å². The summed E-state index contributed by atoms with van der Waals surface area (Å²) in [5, 5.41) is 0.609. The standard InChI is InChI=1S/C12H16N6S/c1-8-5-4-6-9(7-8)19-12-15-10(17-13)14-11(16-12)18(2)3/h4-7H,13H2,1-3H3,(H,14,15,16,17). The summed E-state index contributed by atoms with van der Waals surface area (Å²) in [5.41, 5.74) is 3.66. The lowest BCUT2D eigenvalue weighted by Gasteiger charge is -2.12. The van der Waals surface area contributed by atoms with E-state index in [4.69, 9.17) is 5.84 Å². The third-order valence-electron chi connectivity index (χ3n) is 2.33. The molecule has 0 fully saturated rings. The lowest BCUT2D eigenvalue weighted by Crippen LogP contribution is -2.17. The number of rotatable bonds is 4. The van der Waals surface area contributed by atoms with E-state index in [-0.39, 0.29) is 0 Å². The summed E-state index contributed by atoms with van der Waals surface area (Å²) in [5.74, 6) is 6.30. The van der Waals surface area contributed by atoms with Gasteiger partial charge >= 0.3 is 0 Å². The Balaban J connectivity index is 2.31. The van der Waals surface area contributed by atoms with Crippen LogP contribution in [0.25, 0.3) is 0 Å². The molecule has 2 aromatic rings. The molecule has 0 saturated carbocycles. The van der Waals surface area contributed by atoms with Gasteiger partial charge in [-0.05, 0) is 30.8 Å². The zero-order chi connectivity index (χ0) is 13.8. The van der Waals surface area contributed by atoms with Gasteiger partial charge < -0.3 is 4.90 Å². The predicted molar refractivity (Wildman–Crippen MR) is 77.3 cm³/mol. The molecule has 0 aliphatic carbocycles. The van der Waals surface area contributed by atoms with Gasteiger partial charge in [-0.2, -0.15) is 15.0 Å². The molecule has 0 radical (unpaired) electrons. The van der Waals surface area contributed by atoms with Gasteiger partial charge in [0, 0.05) is 19.0 Å². The number of hydrazine groups is 1. The first-order valence-corrected chi connectivity index (χ1v) is 6.54. The number of hydrogen-bond acceptors (Lipinski definition) is 7. The second kappa shape index (κ2) is 5.85. The number of nitrogen functional groups attached to an aromatic ring is 1. The Bertz CT molecular complexity index is 572. The molecule has 1 aromatic carbocycles. The number of anilines is 2. The molecule has 19 heavy (non-hydrogen) atoms. The highest BCUT2D eigenvalue weighted by atomic mass is 32.2. The summed E-state index contributed by atoms with van der Waals surface area (Å²) in [6, 6.07) is 8.16. The van der Waals surface area contributed by atoms with Crippen molar-refractivity contribution in [1.29, 1.82) is 0 Å². The Kier molecular flexibility index (Phi) is 4.18. The van der Waals surface area contributed by atoms with Gasteiger partial charge in [0.2, 0.25) is 11.9 Å². The number of benzene rings is 1. The highest BCUT2D eigenvalue weighted by molar-refractivity contribution is 7.99.